The number of nitrogens with one attached hydrogen (secondary N) is 1. The van der Waals surface area contributed by atoms with E-state index in [1.165, 1.54) is 22.1 Å². The van der Waals surface area contributed by atoms with E-state index in [4.69, 9.17) is 11.2 Å². The van der Waals surface area contributed by atoms with Crippen molar-refractivity contribution in [2.45, 2.75) is 26.1 Å². The van der Waals surface area contributed by atoms with Crippen LogP contribution in [0.1, 0.15) is 25.5 Å². The number of amides is 4. The quantitative estimate of drug-likeness (QED) is 0.141. The number of nitrogens with zero attached hydrogens (tertiary/aromatic N) is 4. The fourth-order valence-corrected chi connectivity index (χ4v) is 4.03. The first-order valence-electron chi connectivity index (χ1n) is 12.3. The van der Waals surface area contributed by atoms with Crippen LogP contribution in [0, 0.1) is 12.3 Å². The maximum absolute atomic E-state index is 13.6. The van der Waals surface area contributed by atoms with Crippen LogP contribution in [0.15, 0.2) is 66.5 Å². The SMILES string of the molecule is C#CCOCCN1CC(N(C(=O)NCC(/C=C\C(=C)F)=C/C)N(C)CC)N(C=O)[C@@H](c2ccccc2)C1=O. The molecule has 9 nitrogen and oxygen atoms in total. The lowest BCUT2D eigenvalue weighted by Gasteiger charge is -2.49. The van der Waals surface area contributed by atoms with Crippen molar-refractivity contribution in [2.24, 2.45) is 0 Å². The van der Waals surface area contributed by atoms with E-state index in [0.717, 1.165) is 0 Å². The van der Waals surface area contributed by atoms with Crippen molar-refractivity contribution in [1.29, 1.82) is 0 Å². The van der Waals surface area contributed by atoms with Gasteiger partial charge in [0.1, 0.15) is 24.6 Å². The van der Waals surface area contributed by atoms with E-state index in [1.807, 2.05) is 13.0 Å². The molecule has 0 bridgehead atoms. The fourth-order valence-electron chi connectivity index (χ4n) is 4.03. The zero-order valence-corrected chi connectivity index (χ0v) is 22.2. The van der Waals surface area contributed by atoms with Gasteiger partial charge in [-0.3, -0.25) is 9.59 Å². The van der Waals surface area contributed by atoms with Crippen LogP contribution >= 0.6 is 0 Å². The number of hydrogen-bond acceptors (Lipinski definition) is 5. The number of carbonyl (C=O) groups is 3. The summed E-state index contributed by atoms with van der Waals surface area (Å²) < 4.78 is 18.5. The molecule has 1 fully saturated rings. The number of hydrazine groups is 1. The highest BCUT2D eigenvalue weighted by molar-refractivity contribution is 5.87. The lowest BCUT2D eigenvalue weighted by Crippen LogP contribution is -2.68. The molecule has 0 aliphatic carbocycles. The lowest BCUT2D eigenvalue weighted by molar-refractivity contribution is -0.165. The summed E-state index contributed by atoms with van der Waals surface area (Å²) >= 11 is 0. The Morgan fingerprint density at radius 2 is 2.05 bits per heavy atom. The normalized spacial score (nSPS) is 18.0. The standard InChI is InChI=1S/C28H36FN5O4/c1-6-17-38-18-16-32-20-25(33(21-35)26(27(32)36)24-12-10-9-11-13-24)34(31(5)8-3)28(37)30-19-23(7-2)15-14-22(4)29/h1,7,9-15,21,25-26H,4,8,16-20H2,2-3,5H3,(H,30,37)/b15-14-,23-7+/t25?,26-/m0/s1. The Bertz CT molecular complexity index is 1070. The predicted molar refractivity (Wildman–Crippen MR) is 144 cm³/mol. The number of hydrogen-bond donors (Lipinski definition) is 1. The predicted octanol–water partition coefficient (Wildman–Crippen LogP) is 2.87. The van der Waals surface area contributed by atoms with Crippen LogP contribution in [0.4, 0.5) is 9.18 Å². The Labute approximate surface area is 224 Å². The van der Waals surface area contributed by atoms with Gasteiger partial charge in [-0.2, -0.15) is 0 Å². The highest BCUT2D eigenvalue weighted by Gasteiger charge is 2.45. The number of allylic oxidation sites excluding steroid dienone is 3. The number of halogens is 1. The molecule has 0 aromatic heterocycles. The maximum Gasteiger partial charge on any atom is 0.334 e. The van der Waals surface area contributed by atoms with Crippen LogP contribution in [-0.4, -0.2) is 90.8 Å². The van der Waals surface area contributed by atoms with Gasteiger partial charge in [-0.15, -0.1) is 6.42 Å². The minimum Gasteiger partial charge on any atom is -0.367 e. The van der Waals surface area contributed by atoms with E-state index < -0.39 is 24.1 Å². The first kappa shape index (κ1) is 30.3. The summed E-state index contributed by atoms with van der Waals surface area (Å²) in [6, 6.07) is 7.51. The molecule has 2 atom stereocenters. The first-order chi connectivity index (χ1) is 18.3. The van der Waals surface area contributed by atoms with Crippen molar-refractivity contribution in [3.63, 3.8) is 0 Å². The van der Waals surface area contributed by atoms with E-state index in [0.29, 0.717) is 24.1 Å². The second-order valence-electron chi connectivity index (χ2n) is 8.51. The van der Waals surface area contributed by atoms with E-state index >= 15 is 0 Å². The topological polar surface area (TPSA) is 85.4 Å². The van der Waals surface area contributed by atoms with Crippen molar-refractivity contribution >= 4 is 18.3 Å². The Morgan fingerprint density at radius 1 is 1.34 bits per heavy atom. The van der Waals surface area contributed by atoms with E-state index in [9.17, 15) is 18.8 Å². The van der Waals surface area contributed by atoms with Gasteiger partial charge in [0.05, 0.1) is 13.2 Å². The number of ether oxygens (including phenoxy) is 1. The Balaban J connectivity index is 2.41. The van der Waals surface area contributed by atoms with Crippen LogP contribution in [0.25, 0.3) is 0 Å². The Kier molecular flexibility index (Phi) is 12.2. The van der Waals surface area contributed by atoms with E-state index in [-0.39, 0.29) is 38.8 Å². The van der Waals surface area contributed by atoms with Gasteiger partial charge >= 0.3 is 6.03 Å². The lowest BCUT2D eigenvalue weighted by atomic mass is 10.0. The minimum absolute atomic E-state index is 0.0656. The van der Waals surface area contributed by atoms with Gasteiger partial charge in [0, 0.05) is 26.7 Å². The molecule has 1 saturated heterocycles. The molecule has 0 saturated carbocycles. The van der Waals surface area contributed by atoms with Gasteiger partial charge in [0.15, 0.2) is 0 Å². The molecule has 4 amide bonds. The second-order valence-corrected chi connectivity index (χ2v) is 8.51. The first-order valence-corrected chi connectivity index (χ1v) is 12.3. The zero-order valence-electron chi connectivity index (χ0n) is 22.2. The third kappa shape index (κ3) is 8.03. The number of piperazine rings is 1. The largest absolute Gasteiger partial charge is 0.367 e. The highest BCUT2D eigenvalue weighted by atomic mass is 19.1. The number of urea groups is 1. The Morgan fingerprint density at radius 3 is 2.63 bits per heavy atom. The van der Waals surface area contributed by atoms with E-state index in [1.54, 1.807) is 54.2 Å². The molecule has 1 aromatic rings. The van der Waals surface area contributed by atoms with Gasteiger partial charge < -0.3 is 19.9 Å². The number of rotatable bonds is 13. The molecule has 10 heteroatoms. The highest BCUT2D eigenvalue weighted by Crippen LogP contribution is 2.30. The molecule has 38 heavy (non-hydrogen) atoms. The van der Waals surface area contributed by atoms with Crippen LogP contribution in [-0.2, 0) is 14.3 Å². The molecule has 2 rings (SSSR count). The third-order valence-corrected chi connectivity index (χ3v) is 6.11. The average Bonchev–Trinajstić information content (AvgIpc) is 2.92. The monoisotopic (exact) mass is 525 g/mol. The van der Waals surface area contributed by atoms with Gasteiger partial charge in [-0.05, 0) is 24.1 Å². The van der Waals surface area contributed by atoms with Crippen molar-refractivity contribution in [3.05, 3.63) is 72.1 Å². The number of carbonyl (C=O) groups excluding carboxylic acids is 3. The molecule has 204 valence electrons. The van der Waals surface area contributed by atoms with Crippen LogP contribution < -0.4 is 5.32 Å². The summed E-state index contributed by atoms with van der Waals surface area (Å²) in [5, 5.41) is 5.94. The average molecular weight is 526 g/mol. The third-order valence-electron chi connectivity index (χ3n) is 6.11. The van der Waals surface area contributed by atoms with Gasteiger partial charge in [0.25, 0.3) is 0 Å². The number of terminal acetylenes is 1. The van der Waals surface area contributed by atoms with E-state index in [2.05, 4.69) is 17.8 Å². The van der Waals surface area contributed by atoms with Crippen LogP contribution in [0.5, 0.6) is 0 Å². The van der Waals surface area contributed by atoms with Gasteiger partial charge in [-0.25, -0.2) is 19.2 Å². The molecule has 0 radical (unpaired) electrons. The maximum atomic E-state index is 13.6. The molecular weight excluding hydrogens is 489 g/mol. The molecule has 1 aromatic carbocycles. The molecule has 1 N–H and O–H groups in total. The summed E-state index contributed by atoms with van der Waals surface area (Å²) in [4.78, 5) is 42.5. The molecule has 1 heterocycles. The van der Waals surface area contributed by atoms with Gasteiger partial charge in [-0.1, -0.05) is 61.9 Å². The summed E-state index contributed by atoms with van der Waals surface area (Å²) in [5.74, 6) is 1.51. The molecule has 1 aliphatic rings. The summed E-state index contributed by atoms with van der Waals surface area (Å²) in [6.07, 6.45) is 9.52. The fraction of sp³-hybridized carbons (Fsp3) is 0.393. The summed E-state index contributed by atoms with van der Waals surface area (Å²) in [6.45, 7) is 8.02. The number of benzene rings is 1. The van der Waals surface area contributed by atoms with Crippen molar-refractivity contribution in [3.8, 4) is 12.3 Å². The van der Waals surface area contributed by atoms with Crippen molar-refractivity contribution in [2.75, 3.05) is 46.4 Å². The minimum atomic E-state index is -0.940. The molecule has 1 aliphatic heterocycles. The van der Waals surface area contributed by atoms with Crippen molar-refractivity contribution < 1.29 is 23.5 Å². The van der Waals surface area contributed by atoms with Crippen LogP contribution in [0.3, 0.4) is 0 Å². The molecule has 0 spiro atoms. The summed E-state index contributed by atoms with van der Waals surface area (Å²) in [5.41, 5.74) is 1.29. The zero-order chi connectivity index (χ0) is 28.1. The molecular formula is C28H36FN5O4. The van der Waals surface area contributed by atoms with Crippen LogP contribution in [0.2, 0.25) is 0 Å². The summed E-state index contributed by atoms with van der Waals surface area (Å²) in [7, 11) is 1.72. The van der Waals surface area contributed by atoms with Gasteiger partial charge in [0.2, 0.25) is 12.3 Å². The Hall–Kier alpha value is -3.94. The smallest absolute Gasteiger partial charge is 0.334 e. The molecule has 1 unspecified atom stereocenters. The second kappa shape index (κ2) is 15.3. The van der Waals surface area contributed by atoms with Crippen molar-refractivity contribution in [1.82, 2.24) is 25.1 Å².